The lowest BCUT2D eigenvalue weighted by Crippen LogP contribution is -2.35. The van der Waals surface area contributed by atoms with E-state index in [2.05, 4.69) is 32.1 Å². The maximum atomic E-state index is 6.78. The molecule has 1 aromatic carbocycles. The Balaban J connectivity index is 1.60. The Morgan fingerprint density at radius 1 is 0.966 bits per heavy atom. The van der Waals surface area contributed by atoms with Gasteiger partial charge in [-0.05, 0) is 49.3 Å². The fraction of sp³-hybridized carbons (Fsp3) is 0.680. The Bertz CT molecular complexity index is 597. The van der Waals surface area contributed by atoms with Crippen LogP contribution >= 0.6 is 0 Å². The molecule has 0 aromatic heterocycles. The summed E-state index contributed by atoms with van der Waals surface area (Å²) in [6.45, 7) is 5.16. The van der Waals surface area contributed by atoms with Crippen LogP contribution in [0.2, 0.25) is 11.6 Å². The van der Waals surface area contributed by atoms with Crippen molar-refractivity contribution in [3.8, 4) is 5.75 Å². The average Bonchev–Trinajstić information content (AvgIpc) is 2.79. The molecule has 0 unspecified atom stereocenters. The summed E-state index contributed by atoms with van der Waals surface area (Å²) in [5.41, 5.74) is 1.16. The highest BCUT2D eigenvalue weighted by molar-refractivity contribution is 6.55. The molecule has 0 amide bonds. The minimum Gasteiger partial charge on any atom is -0.561 e. The molecule has 1 aromatic rings. The molecule has 160 valence electrons. The van der Waals surface area contributed by atoms with Crippen molar-refractivity contribution >= 4 is 6.92 Å². The fourth-order valence-electron chi connectivity index (χ4n) is 5.08. The molecule has 2 aliphatic carbocycles. The van der Waals surface area contributed by atoms with Crippen molar-refractivity contribution in [2.24, 2.45) is 0 Å². The summed E-state index contributed by atoms with van der Waals surface area (Å²) >= 11 is 0. The summed E-state index contributed by atoms with van der Waals surface area (Å²) in [5, 5.41) is 0. The molecule has 29 heavy (non-hydrogen) atoms. The Morgan fingerprint density at radius 2 is 1.52 bits per heavy atom. The molecule has 0 N–H and O–H groups in total. The fourth-order valence-corrected chi connectivity index (χ4v) is 5.08. The molecule has 3 rings (SSSR count). The molecule has 0 aliphatic heterocycles. The lowest BCUT2D eigenvalue weighted by atomic mass is 9.41. The smallest absolute Gasteiger partial charge is 0.363 e. The number of ether oxygens (including phenoxy) is 2. The summed E-state index contributed by atoms with van der Waals surface area (Å²) < 4.78 is 18.2. The van der Waals surface area contributed by atoms with E-state index in [1.165, 1.54) is 64.2 Å². The summed E-state index contributed by atoms with van der Waals surface area (Å²) in [4.78, 5) is 0. The first kappa shape index (κ1) is 22.3. The summed E-state index contributed by atoms with van der Waals surface area (Å²) in [6.07, 6.45) is 15.7. The molecule has 3 nitrogen and oxygen atoms in total. The minimum atomic E-state index is -0.0308. The molecule has 4 heteroatoms. The monoisotopic (exact) mass is 398 g/mol. The maximum Gasteiger partial charge on any atom is 0.363 e. The second-order valence-electron chi connectivity index (χ2n) is 8.87. The van der Waals surface area contributed by atoms with Crippen LogP contribution < -0.4 is 4.74 Å². The Morgan fingerprint density at radius 3 is 2.00 bits per heavy atom. The van der Waals surface area contributed by atoms with E-state index < -0.39 is 0 Å². The van der Waals surface area contributed by atoms with E-state index in [4.69, 9.17) is 14.1 Å². The third-order valence-corrected chi connectivity index (χ3v) is 6.85. The van der Waals surface area contributed by atoms with Gasteiger partial charge in [0.15, 0.2) is 0 Å². The standard InChI is InChI=1S/C25H39BO3/c1-4-25(20(2)28-19-21-15-17-24(27-3)18-16-21)29-26(22-11-7-5-8-12-22)23-13-9-6-10-14-23/h4,15-18,20,22-23H,5-14,19H2,1-3H3/b25-4-/t20-/m1/s1. The minimum absolute atomic E-state index is 0.0308. The van der Waals surface area contributed by atoms with Gasteiger partial charge >= 0.3 is 6.92 Å². The van der Waals surface area contributed by atoms with Crippen molar-refractivity contribution < 1.29 is 14.1 Å². The number of methoxy groups -OCH3 is 1. The first-order valence-electron chi connectivity index (χ1n) is 11.8. The third-order valence-electron chi connectivity index (χ3n) is 6.85. The van der Waals surface area contributed by atoms with Crippen LogP contribution in [0.5, 0.6) is 5.75 Å². The Labute approximate surface area is 178 Å². The van der Waals surface area contributed by atoms with Crippen LogP contribution in [0.1, 0.15) is 83.6 Å². The van der Waals surface area contributed by atoms with Gasteiger partial charge in [-0.15, -0.1) is 0 Å². The normalized spacial score (nSPS) is 20.3. The third kappa shape index (κ3) is 6.54. The predicted octanol–water partition coefficient (Wildman–Crippen LogP) is 7.18. The lowest BCUT2D eigenvalue weighted by Gasteiger charge is -2.36. The second kappa shape index (κ2) is 11.7. The maximum absolute atomic E-state index is 6.78. The Hall–Kier alpha value is -1.42. The van der Waals surface area contributed by atoms with Gasteiger partial charge in [-0.3, -0.25) is 0 Å². The van der Waals surface area contributed by atoms with E-state index in [0.717, 1.165) is 28.7 Å². The molecule has 0 saturated heterocycles. The lowest BCUT2D eigenvalue weighted by molar-refractivity contribution is 0.0515. The molecule has 1 atom stereocenters. The van der Waals surface area contributed by atoms with E-state index >= 15 is 0 Å². The van der Waals surface area contributed by atoms with Gasteiger partial charge in [0.2, 0.25) is 0 Å². The molecule has 2 saturated carbocycles. The van der Waals surface area contributed by atoms with Crippen molar-refractivity contribution in [3.63, 3.8) is 0 Å². The summed E-state index contributed by atoms with van der Waals surface area (Å²) in [6, 6.07) is 8.10. The van der Waals surface area contributed by atoms with E-state index in [9.17, 15) is 0 Å². The van der Waals surface area contributed by atoms with Crippen molar-refractivity contribution in [3.05, 3.63) is 41.7 Å². The van der Waals surface area contributed by atoms with Gasteiger partial charge in [0.1, 0.15) is 11.9 Å². The van der Waals surface area contributed by atoms with Crippen LogP contribution in [-0.2, 0) is 16.0 Å². The largest absolute Gasteiger partial charge is 0.561 e. The quantitative estimate of drug-likeness (QED) is 0.326. The van der Waals surface area contributed by atoms with Crippen LogP contribution in [0, 0.1) is 0 Å². The molecule has 2 fully saturated rings. The molecular weight excluding hydrogens is 359 g/mol. The van der Waals surface area contributed by atoms with Crippen LogP contribution in [0.25, 0.3) is 0 Å². The van der Waals surface area contributed by atoms with Crippen molar-refractivity contribution in [2.45, 2.75) is 102 Å². The van der Waals surface area contributed by atoms with Crippen LogP contribution in [-0.4, -0.2) is 20.1 Å². The molecular formula is C25H39BO3. The van der Waals surface area contributed by atoms with Crippen molar-refractivity contribution in [1.29, 1.82) is 0 Å². The van der Waals surface area contributed by atoms with Crippen molar-refractivity contribution in [2.75, 3.05) is 7.11 Å². The zero-order chi connectivity index (χ0) is 20.5. The van der Waals surface area contributed by atoms with Gasteiger partial charge in [0, 0.05) is 0 Å². The second-order valence-corrected chi connectivity index (χ2v) is 8.87. The van der Waals surface area contributed by atoms with E-state index in [1.807, 2.05) is 12.1 Å². The van der Waals surface area contributed by atoms with Gasteiger partial charge in [-0.25, -0.2) is 0 Å². The van der Waals surface area contributed by atoms with Crippen LogP contribution in [0.15, 0.2) is 36.1 Å². The topological polar surface area (TPSA) is 27.7 Å². The number of allylic oxidation sites excluding steroid dienone is 1. The Kier molecular flexibility index (Phi) is 8.98. The highest BCUT2D eigenvalue weighted by Gasteiger charge is 2.39. The van der Waals surface area contributed by atoms with Crippen molar-refractivity contribution in [1.82, 2.24) is 0 Å². The average molecular weight is 398 g/mol. The highest BCUT2D eigenvalue weighted by atomic mass is 16.5. The molecule has 0 heterocycles. The molecule has 2 aliphatic rings. The molecule has 0 bridgehead atoms. The summed E-state index contributed by atoms with van der Waals surface area (Å²) in [7, 11) is 1.69. The van der Waals surface area contributed by atoms with Crippen LogP contribution in [0.3, 0.4) is 0 Å². The number of hydrogen-bond donors (Lipinski definition) is 0. The van der Waals surface area contributed by atoms with E-state index in [1.54, 1.807) is 7.11 Å². The van der Waals surface area contributed by atoms with Gasteiger partial charge in [0.25, 0.3) is 0 Å². The van der Waals surface area contributed by atoms with Gasteiger partial charge < -0.3 is 14.1 Å². The molecule has 0 spiro atoms. The van der Waals surface area contributed by atoms with Crippen LogP contribution in [0.4, 0.5) is 0 Å². The molecule has 0 radical (unpaired) electrons. The van der Waals surface area contributed by atoms with Gasteiger partial charge in [-0.1, -0.05) is 76.3 Å². The first-order chi connectivity index (χ1) is 14.2. The number of benzene rings is 1. The zero-order valence-corrected chi connectivity index (χ0v) is 18.7. The number of rotatable bonds is 9. The summed E-state index contributed by atoms with van der Waals surface area (Å²) in [5.74, 6) is 3.33. The SMILES string of the molecule is C/C=C(\OB(C1CCCCC1)C1CCCCC1)[C@@H](C)OCc1ccc(OC)cc1. The van der Waals surface area contributed by atoms with E-state index in [-0.39, 0.29) is 6.10 Å². The van der Waals surface area contributed by atoms with Gasteiger partial charge in [0.05, 0.1) is 19.5 Å². The van der Waals surface area contributed by atoms with Gasteiger partial charge in [-0.2, -0.15) is 0 Å². The first-order valence-corrected chi connectivity index (χ1v) is 11.8. The highest BCUT2D eigenvalue weighted by Crippen LogP contribution is 2.42. The zero-order valence-electron chi connectivity index (χ0n) is 18.7. The predicted molar refractivity (Wildman–Crippen MR) is 122 cm³/mol. The van der Waals surface area contributed by atoms with E-state index in [0.29, 0.717) is 13.5 Å². The number of hydrogen-bond acceptors (Lipinski definition) is 3.